The van der Waals surface area contributed by atoms with Gasteiger partial charge in [-0.2, -0.15) is 11.8 Å². The Balaban J connectivity index is 3.20. The molecule has 2 nitrogen and oxygen atoms in total. The molecule has 11 heavy (non-hydrogen) atoms. The fourth-order valence-corrected chi connectivity index (χ4v) is 1.46. The van der Waals surface area contributed by atoms with Crippen LogP contribution >= 0.6 is 11.8 Å². The maximum Gasteiger partial charge on any atom is 0.0104 e. The highest BCUT2D eigenvalue weighted by Crippen LogP contribution is 1.97. The van der Waals surface area contributed by atoms with Gasteiger partial charge < -0.3 is 10.6 Å². The van der Waals surface area contributed by atoms with Crippen molar-refractivity contribution in [2.24, 2.45) is 5.73 Å². The van der Waals surface area contributed by atoms with Crippen molar-refractivity contribution in [2.75, 3.05) is 38.2 Å². The molecule has 0 atom stereocenters. The first-order valence-corrected chi connectivity index (χ1v) is 5.65. The first-order valence-electron chi connectivity index (χ1n) is 4.26. The number of hydrogen-bond acceptors (Lipinski definition) is 3. The Morgan fingerprint density at radius 2 is 2.09 bits per heavy atom. The Bertz CT molecular complexity index is 78.5. The molecule has 0 heterocycles. The highest BCUT2D eigenvalue weighted by atomic mass is 32.2. The van der Waals surface area contributed by atoms with Gasteiger partial charge in [-0.3, -0.25) is 0 Å². The third-order valence-corrected chi connectivity index (χ3v) is 2.41. The van der Waals surface area contributed by atoms with Crippen molar-refractivity contribution in [1.29, 1.82) is 0 Å². The molecule has 0 aromatic heterocycles. The van der Waals surface area contributed by atoms with Crippen LogP contribution in [0.1, 0.15) is 13.3 Å². The second-order valence-corrected chi connectivity index (χ2v) is 3.55. The lowest BCUT2D eigenvalue weighted by Crippen LogP contribution is -2.30. The minimum atomic E-state index is 0.785. The molecule has 0 radical (unpaired) electrons. The average molecular weight is 176 g/mol. The van der Waals surface area contributed by atoms with Gasteiger partial charge in [-0.05, 0) is 31.5 Å². The highest BCUT2D eigenvalue weighted by Gasteiger charge is 1.98. The summed E-state index contributed by atoms with van der Waals surface area (Å²) in [6.07, 6.45) is 3.44. The number of hydrogen-bond donors (Lipinski definition) is 1. The van der Waals surface area contributed by atoms with Gasteiger partial charge in [-0.1, -0.05) is 6.92 Å². The van der Waals surface area contributed by atoms with Gasteiger partial charge in [0.15, 0.2) is 0 Å². The maximum atomic E-state index is 5.46. The van der Waals surface area contributed by atoms with Crippen molar-refractivity contribution in [3.63, 3.8) is 0 Å². The predicted molar refractivity (Wildman–Crippen MR) is 54.2 cm³/mol. The second kappa shape index (κ2) is 8.37. The summed E-state index contributed by atoms with van der Waals surface area (Å²) in [4.78, 5) is 2.40. The van der Waals surface area contributed by atoms with Crippen molar-refractivity contribution in [2.45, 2.75) is 13.3 Å². The molecule has 0 saturated heterocycles. The van der Waals surface area contributed by atoms with E-state index in [-0.39, 0.29) is 0 Å². The maximum absolute atomic E-state index is 5.46. The lowest BCUT2D eigenvalue weighted by atomic mass is 10.4. The SMILES string of the molecule is CCN(CCN)CCCSC. The fourth-order valence-electron chi connectivity index (χ4n) is 1.04. The van der Waals surface area contributed by atoms with E-state index in [9.17, 15) is 0 Å². The molecular weight excluding hydrogens is 156 g/mol. The van der Waals surface area contributed by atoms with Crippen LogP contribution in [0.3, 0.4) is 0 Å². The summed E-state index contributed by atoms with van der Waals surface area (Å²) >= 11 is 1.91. The van der Waals surface area contributed by atoms with Crippen molar-refractivity contribution in [1.82, 2.24) is 4.90 Å². The van der Waals surface area contributed by atoms with Gasteiger partial charge in [-0.25, -0.2) is 0 Å². The third kappa shape index (κ3) is 6.66. The molecule has 0 amide bonds. The summed E-state index contributed by atoms with van der Waals surface area (Å²) in [6.45, 7) is 6.35. The van der Waals surface area contributed by atoms with Crippen LogP contribution in [0.25, 0.3) is 0 Å². The van der Waals surface area contributed by atoms with Gasteiger partial charge in [0.2, 0.25) is 0 Å². The standard InChI is InChI=1S/C8H20N2S/c1-3-10(7-5-9)6-4-8-11-2/h3-9H2,1-2H3. The van der Waals surface area contributed by atoms with E-state index >= 15 is 0 Å². The first-order chi connectivity index (χ1) is 5.35. The van der Waals surface area contributed by atoms with Crippen molar-refractivity contribution >= 4 is 11.8 Å². The molecule has 0 aliphatic carbocycles. The number of nitrogens with two attached hydrogens (primary N) is 1. The quantitative estimate of drug-likeness (QED) is 0.587. The summed E-state index contributed by atoms with van der Waals surface area (Å²) in [7, 11) is 0. The van der Waals surface area contributed by atoms with Gasteiger partial charge in [0.25, 0.3) is 0 Å². The van der Waals surface area contributed by atoms with E-state index in [2.05, 4.69) is 18.1 Å². The zero-order valence-electron chi connectivity index (χ0n) is 7.68. The molecular formula is C8H20N2S. The summed E-state index contributed by atoms with van der Waals surface area (Å²) in [5, 5.41) is 0. The van der Waals surface area contributed by atoms with E-state index in [1.54, 1.807) is 0 Å². The second-order valence-electron chi connectivity index (χ2n) is 2.57. The van der Waals surface area contributed by atoms with Crippen LogP contribution in [0.2, 0.25) is 0 Å². The average Bonchev–Trinajstić information content (AvgIpc) is 2.03. The molecule has 0 rings (SSSR count). The monoisotopic (exact) mass is 176 g/mol. The number of nitrogens with zero attached hydrogens (tertiary/aromatic N) is 1. The molecule has 0 fully saturated rings. The van der Waals surface area contributed by atoms with Crippen molar-refractivity contribution in [3.8, 4) is 0 Å². The van der Waals surface area contributed by atoms with Gasteiger partial charge in [-0.15, -0.1) is 0 Å². The molecule has 3 heteroatoms. The molecule has 0 aliphatic rings. The van der Waals surface area contributed by atoms with Crippen LogP contribution in [0, 0.1) is 0 Å². The molecule has 0 aromatic rings. The summed E-state index contributed by atoms with van der Waals surface area (Å²) in [6, 6.07) is 0. The van der Waals surface area contributed by atoms with Crippen LogP contribution in [0.15, 0.2) is 0 Å². The topological polar surface area (TPSA) is 29.3 Å². The lowest BCUT2D eigenvalue weighted by Gasteiger charge is -2.18. The van der Waals surface area contributed by atoms with Crippen molar-refractivity contribution in [3.05, 3.63) is 0 Å². The lowest BCUT2D eigenvalue weighted by molar-refractivity contribution is 0.298. The Hall–Kier alpha value is 0.270. The molecule has 68 valence electrons. The smallest absolute Gasteiger partial charge is 0.0104 e. The van der Waals surface area contributed by atoms with E-state index < -0.39 is 0 Å². The van der Waals surface area contributed by atoms with Crippen LogP contribution < -0.4 is 5.73 Å². The van der Waals surface area contributed by atoms with E-state index in [1.807, 2.05) is 11.8 Å². The molecule has 0 unspecified atom stereocenters. The Kier molecular flexibility index (Phi) is 8.57. The van der Waals surface area contributed by atoms with E-state index in [4.69, 9.17) is 5.73 Å². The predicted octanol–water partition coefficient (Wildman–Crippen LogP) is 1.02. The van der Waals surface area contributed by atoms with Crippen molar-refractivity contribution < 1.29 is 0 Å². The van der Waals surface area contributed by atoms with Gasteiger partial charge in [0, 0.05) is 13.1 Å². The van der Waals surface area contributed by atoms with Crippen LogP contribution in [0.4, 0.5) is 0 Å². The fraction of sp³-hybridized carbons (Fsp3) is 1.00. The Labute approximate surface area is 74.5 Å². The van der Waals surface area contributed by atoms with E-state index in [0.29, 0.717) is 0 Å². The number of likely N-dealkylation sites (N-methyl/N-ethyl adjacent to an activating group) is 1. The summed E-state index contributed by atoms with van der Waals surface area (Å²) in [5.41, 5.74) is 5.46. The van der Waals surface area contributed by atoms with Gasteiger partial charge >= 0.3 is 0 Å². The van der Waals surface area contributed by atoms with Gasteiger partial charge in [0.05, 0.1) is 0 Å². The first kappa shape index (κ1) is 11.3. The Morgan fingerprint density at radius 1 is 1.36 bits per heavy atom. The number of thioether (sulfide) groups is 1. The van der Waals surface area contributed by atoms with Crippen LogP contribution in [-0.4, -0.2) is 43.1 Å². The van der Waals surface area contributed by atoms with E-state index in [1.165, 1.54) is 18.7 Å². The normalized spacial score (nSPS) is 10.9. The zero-order valence-corrected chi connectivity index (χ0v) is 8.49. The Morgan fingerprint density at radius 3 is 2.55 bits per heavy atom. The largest absolute Gasteiger partial charge is 0.329 e. The molecule has 0 bridgehead atoms. The third-order valence-electron chi connectivity index (χ3n) is 1.72. The summed E-state index contributed by atoms with van der Waals surface area (Å²) in [5.74, 6) is 1.26. The number of rotatable bonds is 7. The zero-order chi connectivity index (χ0) is 8.53. The van der Waals surface area contributed by atoms with Crippen LogP contribution in [-0.2, 0) is 0 Å². The molecule has 2 N–H and O–H groups in total. The molecule has 0 aromatic carbocycles. The van der Waals surface area contributed by atoms with Crippen LogP contribution in [0.5, 0.6) is 0 Å². The minimum Gasteiger partial charge on any atom is -0.329 e. The molecule has 0 spiro atoms. The molecule has 0 aliphatic heterocycles. The minimum absolute atomic E-state index is 0.785. The highest BCUT2D eigenvalue weighted by molar-refractivity contribution is 7.98. The summed E-state index contributed by atoms with van der Waals surface area (Å²) < 4.78 is 0. The molecule has 0 saturated carbocycles. The van der Waals surface area contributed by atoms with E-state index in [0.717, 1.165) is 19.6 Å². The van der Waals surface area contributed by atoms with Gasteiger partial charge in [0.1, 0.15) is 0 Å².